The number of nitrogens with zero attached hydrogens (tertiary/aromatic N) is 2. The quantitative estimate of drug-likeness (QED) is 0.428. The number of hydrogen-bond donors (Lipinski definition) is 1. The number of rotatable bonds is 8. The highest BCUT2D eigenvalue weighted by atomic mass is 16.6. The molecule has 29 heavy (non-hydrogen) atoms. The van der Waals surface area contributed by atoms with E-state index >= 15 is 0 Å². The maximum atomic E-state index is 12.2. The van der Waals surface area contributed by atoms with Crippen LogP contribution in [0.3, 0.4) is 0 Å². The number of amides is 1. The van der Waals surface area contributed by atoms with Gasteiger partial charge in [-0.1, -0.05) is 26.0 Å². The molecule has 3 rings (SSSR count). The number of carbonyl (C=O) groups is 1. The van der Waals surface area contributed by atoms with E-state index in [1.165, 1.54) is 23.8 Å². The van der Waals surface area contributed by atoms with Crippen LogP contribution < -0.4 is 10.1 Å². The van der Waals surface area contributed by atoms with Gasteiger partial charge < -0.3 is 14.5 Å². The minimum Gasteiger partial charge on any atom is -0.486 e. The van der Waals surface area contributed by atoms with Crippen LogP contribution in [0, 0.1) is 10.1 Å². The number of hydrogen-bond acceptors (Lipinski definition) is 6. The molecule has 0 spiro atoms. The first-order valence-corrected chi connectivity index (χ1v) is 9.19. The van der Waals surface area contributed by atoms with Crippen molar-refractivity contribution in [3.8, 4) is 5.75 Å². The zero-order chi connectivity index (χ0) is 20.8. The van der Waals surface area contributed by atoms with Gasteiger partial charge in [-0.05, 0) is 48.2 Å². The van der Waals surface area contributed by atoms with E-state index in [1.807, 2.05) is 24.3 Å². The average molecular weight is 395 g/mol. The Balaban J connectivity index is 1.55. The zero-order valence-corrected chi connectivity index (χ0v) is 16.1. The molecular weight excluding hydrogens is 374 g/mol. The summed E-state index contributed by atoms with van der Waals surface area (Å²) in [4.78, 5) is 26.1. The fourth-order valence-electron chi connectivity index (χ4n) is 2.61. The normalized spacial score (nSPS) is 11.7. The van der Waals surface area contributed by atoms with Gasteiger partial charge in [0.15, 0.2) is 5.76 Å². The molecule has 2 heterocycles. The smallest absolute Gasteiger partial charge is 0.292 e. The van der Waals surface area contributed by atoms with E-state index < -0.39 is 10.8 Å². The van der Waals surface area contributed by atoms with Crippen LogP contribution in [0.1, 0.15) is 48.1 Å². The summed E-state index contributed by atoms with van der Waals surface area (Å²) in [7, 11) is 0. The van der Waals surface area contributed by atoms with Crippen LogP contribution >= 0.6 is 0 Å². The number of nitro groups is 1. The molecule has 0 bridgehead atoms. The van der Waals surface area contributed by atoms with Gasteiger partial charge >= 0.3 is 0 Å². The molecule has 0 saturated carbocycles. The highest BCUT2D eigenvalue weighted by molar-refractivity contribution is 6.01. The van der Waals surface area contributed by atoms with Crippen molar-refractivity contribution in [1.29, 1.82) is 0 Å². The highest BCUT2D eigenvalue weighted by Gasteiger charge is 2.14. The van der Waals surface area contributed by atoms with Gasteiger partial charge in [0.05, 0.1) is 4.92 Å². The van der Waals surface area contributed by atoms with E-state index in [0.29, 0.717) is 11.7 Å². The fourth-order valence-corrected chi connectivity index (χ4v) is 2.61. The van der Waals surface area contributed by atoms with Gasteiger partial charge in [0.1, 0.15) is 30.1 Å². The lowest BCUT2D eigenvalue weighted by atomic mass is 9.99. The van der Waals surface area contributed by atoms with Crippen molar-refractivity contribution in [1.82, 2.24) is 4.98 Å². The molecule has 0 aliphatic heterocycles. The van der Waals surface area contributed by atoms with Gasteiger partial charge in [0, 0.05) is 6.07 Å². The Morgan fingerprint density at radius 1 is 1.21 bits per heavy atom. The minimum absolute atomic E-state index is 0.0934. The Morgan fingerprint density at radius 2 is 1.97 bits per heavy atom. The standard InChI is InChI=1S/C21H21N3O5/c1-3-14(2)15-4-7-17(8-5-15)28-13-18-9-10-19(29-18)21(25)23-20-11-6-16(12-22-20)24(26)27/h4-12,14H,3,13H2,1-2H3,(H,22,23,25). The van der Waals surface area contributed by atoms with Gasteiger partial charge in [-0.25, -0.2) is 4.98 Å². The maximum absolute atomic E-state index is 12.2. The molecule has 0 aliphatic carbocycles. The summed E-state index contributed by atoms with van der Waals surface area (Å²) in [6.07, 6.45) is 2.15. The summed E-state index contributed by atoms with van der Waals surface area (Å²) in [6.45, 7) is 4.51. The van der Waals surface area contributed by atoms with Crippen molar-refractivity contribution in [3.63, 3.8) is 0 Å². The van der Waals surface area contributed by atoms with Gasteiger partial charge in [-0.15, -0.1) is 0 Å². The first kappa shape index (κ1) is 20.1. The number of pyridine rings is 1. The van der Waals surface area contributed by atoms with E-state index in [2.05, 4.69) is 24.1 Å². The fraction of sp³-hybridized carbons (Fsp3) is 0.238. The molecule has 1 aromatic carbocycles. The van der Waals surface area contributed by atoms with E-state index in [4.69, 9.17) is 9.15 Å². The second kappa shape index (κ2) is 9.01. The monoisotopic (exact) mass is 395 g/mol. The molecule has 0 fully saturated rings. The number of ether oxygens (including phenoxy) is 1. The summed E-state index contributed by atoms with van der Waals surface area (Å²) in [5.74, 6) is 1.50. The lowest BCUT2D eigenvalue weighted by Gasteiger charge is -2.10. The van der Waals surface area contributed by atoms with Gasteiger partial charge in [-0.2, -0.15) is 0 Å². The molecule has 1 atom stereocenters. The van der Waals surface area contributed by atoms with Crippen molar-refractivity contribution in [2.75, 3.05) is 5.32 Å². The third kappa shape index (κ3) is 5.19. The zero-order valence-electron chi connectivity index (χ0n) is 16.1. The summed E-state index contributed by atoms with van der Waals surface area (Å²) < 4.78 is 11.2. The molecule has 0 saturated heterocycles. The molecule has 8 nitrogen and oxygen atoms in total. The summed E-state index contributed by atoms with van der Waals surface area (Å²) in [6, 6.07) is 13.7. The van der Waals surface area contributed by atoms with Gasteiger partial charge in [0.2, 0.25) is 0 Å². The SMILES string of the molecule is CCC(C)c1ccc(OCc2ccc(C(=O)Nc3ccc([N+](=O)[O-])cn3)o2)cc1. The van der Waals surface area contributed by atoms with E-state index in [0.717, 1.165) is 18.4 Å². The van der Waals surface area contributed by atoms with Crippen molar-refractivity contribution >= 4 is 17.4 Å². The largest absolute Gasteiger partial charge is 0.486 e. The molecule has 0 radical (unpaired) electrons. The van der Waals surface area contributed by atoms with Gasteiger partial charge in [0.25, 0.3) is 11.6 Å². The Labute approximate surface area is 167 Å². The predicted molar refractivity (Wildman–Crippen MR) is 107 cm³/mol. The van der Waals surface area contributed by atoms with Crippen LogP contribution in [0.5, 0.6) is 5.75 Å². The first-order valence-electron chi connectivity index (χ1n) is 9.19. The Hall–Kier alpha value is -3.68. The van der Waals surface area contributed by atoms with E-state index in [9.17, 15) is 14.9 Å². The topological polar surface area (TPSA) is 108 Å². The van der Waals surface area contributed by atoms with Crippen molar-refractivity contribution < 1.29 is 18.9 Å². The average Bonchev–Trinajstić information content (AvgIpc) is 3.22. The van der Waals surface area contributed by atoms with Crippen LogP contribution in [-0.4, -0.2) is 15.8 Å². The first-order chi connectivity index (χ1) is 14.0. The number of anilines is 1. The lowest BCUT2D eigenvalue weighted by Crippen LogP contribution is -2.12. The third-order valence-corrected chi connectivity index (χ3v) is 4.53. The minimum atomic E-state index is -0.560. The number of benzene rings is 1. The Morgan fingerprint density at radius 3 is 2.59 bits per heavy atom. The Kier molecular flexibility index (Phi) is 6.23. The van der Waals surface area contributed by atoms with Gasteiger partial charge in [-0.3, -0.25) is 14.9 Å². The molecule has 2 aromatic heterocycles. The Bertz CT molecular complexity index is 980. The van der Waals surface area contributed by atoms with Crippen LogP contribution in [0.2, 0.25) is 0 Å². The molecule has 1 N–H and O–H groups in total. The number of nitrogens with one attached hydrogen (secondary N) is 1. The second-order valence-electron chi connectivity index (χ2n) is 6.55. The molecule has 1 amide bonds. The molecular formula is C21H21N3O5. The van der Waals surface area contributed by atoms with Crippen LogP contribution in [0.15, 0.2) is 59.1 Å². The number of carbonyl (C=O) groups excluding carboxylic acids is 1. The molecule has 0 aliphatic rings. The van der Waals surface area contributed by atoms with Crippen molar-refractivity contribution in [2.24, 2.45) is 0 Å². The van der Waals surface area contributed by atoms with E-state index in [1.54, 1.807) is 6.07 Å². The third-order valence-electron chi connectivity index (χ3n) is 4.53. The molecule has 8 heteroatoms. The number of aromatic nitrogens is 1. The van der Waals surface area contributed by atoms with Crippen molar-refractivity contribution in [3.05, 3.63) is 81.9 Å². The highest BCUT2D eigenvalue weighted by Crippen LogP contribution is 2.22. The second-order valence-corrected chi connectivity index (χ2v) is 6.55. The van der Waals surface area contributed by atoms with Crippen molar-refractivity contribution in [2.45, 2.75) is 32.8 Å². The maximum Gasteiger partial charge on any atom is 0.292 e. The lowest BCUT2D eigenvalue weighted by molar-refractivity contribution is -0.385. The molecule has 1 unspecified atom stereocenters. The van der Waals surface area contributed by atoms with Crippen LogP contribution in [0.25, 0.3) is 0 Å². The summed E-state index contributed by atoms with van der Waals surface area (Å²) in [5, 5.41) is 13.2. The summed E-state index contributed by atoms with van der Waals surface area (Å²) in [5.41, 5.74) is 1.11. The predicted octanol–water partition coefficient (Wildman–Crippen LogP) is 4.93. The van der Waals surface area contributed by atoms with Crippen LogP contribution in [-0.2, 0) is 6.61 Å². The van der Waals surface area contributed by atoms with E-state index in [-0.39, 0.29) is 23.9 Å². The number of furan rings is 1. The van der Waals surface area contributed by atoms with Crippen LogP contribution in [0.4, 0.5) is 11.5 Å². The molecule has 150 valence electrons. The molecule has 3 aromatic rings. The summed E-state index contributed by atoms with van der Waals surface area (Å²) >= 11 is 0.